The first kappa shape index (κ1) is 26.1. The molecule has 0 amide bonds. The van der Waals surface area contributed by atoms with Gasteiger partial charge in [-0.25, -0.2) is 9.97 Å². The maximum Gasteiger partial charge on any atom is 0.498 e. The van der Waals surface area contributed by atoms with Gasteiger partial charge in [-0.15, -0.1) is 0 Å². The zero-order valence-corrected chi connectivity index (χ0v) is 20.8. The Kier molecular flexibility index (Phi) is 10.7. The van der Waals surface area contributed by atoms with Gasteiger partial charge < -0.3 is 18.9 Å². The lowest BCUT2D eigenvalue weighted by Crippen LogP contribution is -2.41. The van der Waals surface area contributed by atoms with Crippen LogP contribution in [0.4, 0.5) is 5.95 Å². The molecular formula is C24H44BN3O3. The third-order valence-corrected chi connectivity index (χ3v) is 6.40. The van der Waals surface area contributed by atoms with E-state index in [1.807, 2.05) is 12.4 Å². The van der Waals surface area contributed by atoms with Crippen LogP contribution in [-0.2, 0) is 14.0 Å². The minimum Gasteiger partial charge on any atom is -0.399 e. The highest BCUT2D eigenvalue weighted by molar-refractivity contribution is 6.61. The Morgan fingerprint density at radius 3 is 1.97 bits per heavy atom. The molecule has 0 saturated carbocycles. The van der Waals surface area contributed by atoms with Gasteiger partial charge in [0.15, 0.2) is 0 Å². The molecule has 0 N–H and O–H groups in total. The molecule has 2 heterocycles. The highest BCUT2D eigenvalue weighted by Crippen LogP contribution is 2.36. The van der Waals surface area contributed by atoms with Crippen molar-refractivity contribution >= 4 is 18.5 Å². The van der Waals surface area contributed by atoms with Crippen LogP contribution in [0.2, 0.25) is 0 Å². The molecule has 1 aliphatic heterocycles. The van der Waals surface area contributed by atoms with Crippen LogP contribution in [-0.4, -0.2) is 54.6 Å². The van der Waals surface area contributed by atoms with E-state index in [1.165, 1.54) is 38.5 Å². The number of ether oxygens (including phenoxy) is 1. The summed E-state index contributed by atoms with van der Waals surface area (Å²) in [5.74, 6) is 0.756. The molecule has 6 nitrogen and oxygen atoms in total. The Morgan fingerprint density at radius 1 is 0.806 bits per heavy atom. The van der Waals surface area contributed by atoms with Gasteiger partial charge in [-0.1, -0.05) is 52.4 Å². The van der Waals surface area contributed by atoms with Crippen molar-refractivity contribution < 1.29 is 14.0 Å². The first-order chi connectivity index (χ1) is 14.8. The average molecular weight is 433 g/mol. The topological polar surface area (TPSA) is 56.7 Å². The smallest absolute Gasteiger partial charge is 0.399 e. The molecule has 7 heteroatoms. The van der Waals surface area contributed by atoms with Crippen molar-refractivity contribution in [2.75, 3.05) is 31.2 Å². The second-order valence-corrected chi connectivity index (χ2v) is 9.63. The predicted octanol–water partition coefficient (Wildman–Crippen LogP) is 4.76. The van der Waals surface area contributed by atoms with Crippen molar-refractivity contribution in [2.24, 2.45) is 0 Å². The molecule has 0 spiro atoms. The van der Waals surface area contributed by atoms with Gasteiger partial charge in [-0.3, -0.25) is 0 Å². The molecular weight excluding hydrogens is 389 g/mol. The highest BCUT2D eigenvalue weighted by atomic mass is 16.7. The van der Waals surface area contributed by atoms with Gasteiger partial charge in [-0.05, 0) is 40.5 Å². The summed E-state index contributed by atoms with van der Waals surface area (Å²) in [5.41, 5.74) is 0.132. The number of hydrogen-bond donors (Lipinski definition) is 0. The molecule has 31 heavy (non-hydrogen) atoms. The van der Waals surface area contributed by atoms with E-state index in [1.54, 1.807) is 0 Å². The van der Waals surface area contributed by atoms with Gasteiger partial charge in [0, 0.05) is 37.6 Å². The summed E-state index contributed by atoms with van der Waals surface area (Å²) >= 11 is 0. The highest BCUT2D eigenvalue weighted by Gasteiger charge is 2.51. The van der Waals surface area contributed by atoms with Crippen LogP contribution in [0.5, 0.6) is 0 Å². The van der Waals surface area contributed by atoms with Crippen molar-refractivity contribution in [3.8, 4) is 0 Å². The van der Waals surface area contributed by atoms with E-state index < -0.39 is 7.12 Å². The monoisotopic (exact) mass is 433 g/mol. The molecule has 0 atom stereocenters. The van der Waals surface area contributed by atoms with E-state index in [-0.39, 0.29) is 11.2 Å². The molecule has 0 radical (unpaired) electrons. The molecule has 0 aromatic carbocycles. The van der Waals surface area contributed by atoms with Gasteiger partial charge >= 0.3 is 7.12 Å². The lowest BCUT2D eigenvalue weighted by atomic mass is 9.81. The Bertz CT molecular complexity index is 609. The van der Waals surface area contributed by atoms with Crippen molar-refractivity contribution in [3.63, 3.8) is 0 Å². The minimum atomic E-state index is -0.427. The van der Waals surface area contributed by atoms with Crippen molar-refractivity contribution in [2.45, 2.75) is 104 Å². The summed E-state index contributed by atoms with van der Waals surface area (Å²) in [5, 5.41) is 0. The number of nitrogens with zero attached hydrogens (tertiary/aromatic N) is 3. The summed E-state index contributed by atoms with van der Waals surface area (Å²) in [6.45, 7) is 16.0. The lowest BCUT2D eigenvalue weighted by molar-refractivity contribution is 0.00578. The second-order valence-electron chi connectivity index (χ2n) is 9.63. The van der Waals surface area contributed by atoms with Crippen LogP contribution in [0, 0.1) is 0 Å². The van der Waals surface area contributed by atoms with Crippen LogP contribution in [0.3, 0.4) is 0 Å². The zero-order chi connectivity index (χ0) is 22.7. The summed E-state index contributed by atoms with van der Waals surface area (Å²) < 4.78 is 18.1. The quantitative estimate of drug-likeness (QED) is 0.294. The number of aromatic nitrogens is 2. The molecule has 1 aromatic heterocycles. The SMILES string of the molecule is CCCCCCOCCN(CCCCCC)c1ncc(B2OC(C)(C)C(C)(C)O2)cn1. The first-order valence-electron chi connectivity index (χ1n) is 12.3. The summed E-state index contributed by atoms with van der Waals surface area (Å²) in [4.78, 5) is 11.6. The van der Waals surface area contributed by atoms with Crippen LogP contribution in [0.1, 0.15) is 92.9 Å². The molecule has 0 bridgehead atoms. The molecule has 1 fully saturated rings. The molecule has 1 aliphatic rings. The normalized spacial score (nSPS) is 17.3. The maximum absolute atomic E-state index is 6.13. The number of unbranched alkanes of at least 4 members (excludes halogenated alkanes) is 6. The Labute approximate surface area is 190 Å². The second kappa shape index (κ2) is 12.8. The van der Waals surface area contributed by atoms with Crippen LogP contribution in [0.25, 0.3) is 0 Å². The van der Waals surface area contributed by atoms with Gasteiger partial charge in [-0.2, -0.15) is 0 Å². The fraction of sp³-hybridized carbons (Fsp3) is 0.833. The summed E-state index contributed by atoms with van der Waals surface area (Å²) in [6, 6.07) is 0. The summed E-state index contributed by atoms with van der Waals surface area (Å²) in [7, 11) is -0.427. The Balaban J connectivity index is 1.92. The van der Waals surface area contributed by atoms with Crippen molar-refractivity contribution in [1.29, 1.82) is 0 Å². The minimum absolute atomic E-state index is 0.365. The fourth-order valence-corrected chi connectivity index (χ4v) is 3.54. The average Bonchev–Trinajstić information content (AvgIpc) is 2.96. The number of anilines is 1. The van der Waals surface area contributed by atoms with Gasteiger partial charge in [0.25, 0.3) is 0 Å². The third kappa shape index (κ3) is 8.03. The van der Waals surface area contributed by atoms with Crippen molar-refractivity contribution in [3.05, 3.63) is 12.4 Å². The Hall–Kier alpha value is -1.18. The Morgan fingerprint density at radius 2 is 1.39 bits per heavy atom. The van der Waals surface area contributed by atoms with Crippen LogP contribution >= 0.6 is 0 Å². The number of hydrogen-bond acceptors (Lipinski definition) is 6. The predicted molar refractivity (Wildman–Crippen MR) is 129 cm³/mol. The van der Waals surface area contributed by atoms with Gasteiger partial charge in [0.2, 0.25) is 5.95 Å². The molecule has 1 saturated heterocycles. The van der Waals surface area contributed by atoms with E-state index in [0.29, 0.717) is 6.61 Å². The van der Waals surface area contributed by atoms with E-state index in [2.05, 4.69) is 56.4 Å². The van der Waals surface area contributed by atoms with Crippen LogP contribution < -0.4 is 10.4 Å². The van der Waals surface area contributed by atoms with E-state index in [0.717, 1.165) is 43.9 Å². The molecule has 176 valence electrons. The maximum atomic E-state index is 6.13. The van der Waals surface area contributed by atoms with E-state index >= 15 is 0 Å². The van der Waals surface area contributed by atoms with E-state index in [4.69, 9.17) is 14.0 Å². The lowest BCUT2D eigenvalue weighted by Gasteiger charge is -2.32. The summed E-state index contributed by atoms with van der Waals surface area (Å²) in [6.07, 6.45) is 13.5. The first-order valence-corrected chi connectivity index (χ1v) is 12.3. The zero-order valence-electron chi connectivity index (χ0n) is 20.8. The van der Waals surface area contributed by atoms with Crippen molar-refractivity contribution in [1.82, 2.24) is 9.97 Å². The molecule has 0 aliphatic carbocycles. The third-order valence-electron chi connectivity index (χ3n) is 6.40. The molecule has 0 unspecified atom stereocenters. The standard InChI is InChI=1S/C24H44BN3O3/c1-7-9-11-13-15-28(16-18-29-17-14-12-10-8-2)22-26-19-21(20-27-22)25-30-23(3,4)24(5,6)31-25/h19-20H,7-18H2,1-6H3. The molecule has 2 rings (SSSR count). The number of rotatable bonds is 15. The van der Waals surface area contributed by atoms with E-state index in [9.17, 15) is 0 Å². The fourth-order valence-electron chi connectivity index (χ4n) is 3.54. The van der Waals surface area contributed by atoms with Crippen LogP contribution in [0.15, 0.2) is 12.4 Å². The van der Waals surface area contributed by atoms with Gasteiger partial charge in [0.1, 0.15) is 0 Å². The molecule has 1 aromatic rings. The van der Waals surface area contributed by atoms with Gasteiger partial charge in [0.05, 0.1) is 17.8 Å². The largest absolute Gasteiger partial charge is 0.498 e.